The third-order valence-corrected chi connectivity index (χ3v) is 19.0. The van der Waals surface area contributed by atoms with Crippen LogP contribution in [-0.2, 0) is 26.3 Å². The molecular weight excluding hydrogens is 1290 g/mol. The zero-order chi connectivity index (χ0) is 71.7. The summed E-state index contributed by atoms with van der Waals surface area (Å²) in [7, 11) is 0. The smallest absolute Gasteiger partial charge is 0.248 e. The first kappa shape index (κ1) is 69.5. The van der Waals surface area contributed by atoms with Gasteiger partial charge in [0.1, 0.15) is 66.2 Å². The number of hydrogen-bond acceptors (Lipinski definition) is 14. The van der Waals surface area contributed by atoms with Crippen molar-refractivity contribution in [3.05, 3.63) is 233 Å². The summed E-state index contributed by atoms with van der Waals surface area (Å²) in [4.78, 5) is 40.5. The lowest BCUT2D eigenvalue weighted by atomic mass is 9.96. The van der Waals surface area contributed by atoms with E-state index in [1.165, 1.54) is 6.92 Å². The van der Waals surface area contributed by atoms with E-state index in [1.54, 1.807) is 31.0 Å². The Morgan fingerprint density at radius 1 is 0.641 bits per heavy atom. The van der Waals surface area contributed by atoms with E-state index in [0.29, 0.717) is 78.9 Å². The topological polar surface area (TPSA) is 268 Å². The van der Waals surface area contributed by atoms with Gasteiger partial charge in [-0.25, -0.2) is 4.98 Å². The molecule has 2 amide bonds. The van der Waals surface area contributed by atoms with E-state index in [-0.39, 0.29) is 30.1 Å². The highest BCUT2D eigenvalue weighted by Gasteiger charge is 2.29. The van der Waals surface area contributed by atoms with E-state index in [1.807, 2.05) is 122 Å². The van der Waals surface area contributed by atoms with Gasteiger partial charge in [-0.05, 0) is 185 Å². The lowest BCUT2D eigenvalue weighted by Gasteiger charge is -2.24. The standard InChI is InChI=1S/C30H27N3O3.C28H27N3O2.C27H24N4O3/c1-19(2)20-6-8-21(9-7-20)28-15-26-25(4-3-5-27(26)32-28)22-10-11-29(23(14-22)16-31)36-24-12-13-33(17-24)30(35)18-34;1-28(2,32)21-9-6-18(7-10-21)26-15-24-23(4-3-5-25(24)31-26)19-8-11-27(20(14-19)16-29)33-22-12-13-30-17-22;1-17(32)31-27-5-3-19(16-30-27)20-13-24-23(6-9-29-25(24)14-20)18-2-4-26(21(12-18)15-28)34-22-7-10-33-11-8-22/h3-11,14-15,24,32,34H,1,12-13,17-18H2,2H3;3-11,14-15,22,30-32H,12-13,17H2,1-2H3;2-6,9,12-13,16,22H,7-8,10-11,14H2,1H3,(H,30,31,32)/t24-;22-;/m11./s1. The van der Waals surface area contributed by atoms with Crippen molar-refractivity contribution in [2.45, 2.75) is 83.7 Å². The second-order valence-corrected chi connectivity index (χ2v) is 26.7. The van der Waals surface area contributed by atoms with Gasteiger partial charge in [-0.3, -0.25) is 14.6 Å². The maximum Gasteiger partial charge on any atom is 0.248 e. The number of rotatable bonds is 16. The fraction of sp³-hybridized carbons (Fsp3) is 0.235. The number of carbonyl (C=O) groups is 2. The van der Waals surface area contributed by atoms with E-state index >= 15 is 0 Å². The van der Waals surface area contributed by atoms with Gasteiger partial charge >= 0.3 is 0 Å². The molecule has 3 aliphatic heterocycles. The van der Waals surface area contributed by atoms with Gasteiger partial charge in [-0.1, -0.05) is 103 Å². The highest BCUT2D eigenvalue weighted by atomic mass is 16.5. The molecule has 2 atom stereocenters. The molecule has 4 aromatic heterocycles. The molecule has 4 aliphatic rings. The van der Waals surface area contributed by atoms with Crippen LogP contribution in [0, 0.1) is 34.0 Å². The Balaban J connectivity index is 0.000000138. The zero-order valence-electron chi connectivity index (χ0n) is 57.8. The summed E-state index contributed by atoms with van der Waals surface area (Å²) in [5.74, 6) is 1.83. The number of allylic oxidation sites excluding steroid dienone is 2. The van der Waals surface area contributed by atoms with Crippen molar-refractivity contribution in [2.24, 2.45) is 0 Å². The first-order valence-electron chi connectivity index (χ1n) is 34.6. The normalized spacial score (nSPS) is 15.5. The van der Waals surface area contributed by atoms with Crippen LogP contribution in [0.3, 0.4) is 0 Å². The summed E-state index contributed by atoms with van der Waals surface area (Å²) < 4.78 is 23.6. The summed E-state index contributed by atoms with van der Waals surface area (Å²) in [6.45, 7) is 14.6. The van der Waals surface area contributed by atoms with Crippen LogP contribution < -0.4 is 24.8 Å². The fourth-order valence-electron chi connectivity index (χ4n) is 13.5. The van der Waals surface area contributed by atoms with Crippen molar-refractivity contribution in [1.82, 2.24) is 30.2 Å². The molecule has 15 rings (SSSR count). The number of amides is 2. The second-order valence-electron chi connectivity index (χ2n) is 26.7. The number of nitrogens with zero attached hydrogens (tertiary/aromatic N) is 6. The van der Waals surface area contributed by atoms with E-state index in [9.17, 15) is 30.5 Å². The minimum atomic E-state index is -0.866. The number of ether oxygens (including phenoxy) is 4. The molecule has 7 heterocycles. The Labute approximate surface area is 598 Å². The molecule has 0 bridgehead atoms. The van der Waals surface area contributed by atoms with Crippen molar-refractivity contribution in [3.63, 3.8) is 0 Å². The molecule has 18 heteroatoms. The minimum Gasteiger partial charge on any atom is -0.489 e. The number of benzene rings is 7. The molecule has 0 saturated carbocycles. The third kappa shape index (κ3) is 16.0. The maximum atomic E-state index is 11.7. The molecule has 103 heavy (non-hydrogen) atoms. The van der Waals surface area contributed by atoms with Crippen LogP contribution in [0.2, 0.25) is 0 Å². The number of anilines is 1. The number of nitrogens with one attached hydrogen (secondary N) is 4. The number of aromatic nitrogens is 4. The Bertz CT molecular complexity index is 5150. The number of nitriles is 3. The van der Waals surface area contributed by atoms with Crippen LogP contribution >= 0.6 is 0 Å². The quantitative estimate of drug-likeness (QED) is 0.0525. The van der Waals surface area contributed by atoms with Crippen molar-refractivity contribution in [3.8, 4) is 91.4 Å². The van der Waals surface area contributed by atoms with Gasteiger partial charge in [0.15, 0.2) is 0 Å². The van der Waals surface area contributed by atoms with E-state index in [4.69, 9.17) is 24.1 Å². The van der Waals surface area contributed by atoms with Crippen LogP contribution in [0.1, 0.15) is 98.0 Å². The maximum absolute atomic E-state index is 11.7. The van der Waals surface area contributed by atoms with Crippen molar-refractivity contribution in [1.29, 1.82) is 15.8 Å². The van der Waals surface area contributed by atoms with Crippen LogP contribution in [0.25, 0.3) is 94.9 Å². The SMILES string of the molecule is C=C(C)c1ccc(-c2cc3c(-c4ccc(O[C@@H]5CCN(C(=O)CO)C5)c(C#N)c4)cccc3[nH]2)cc1.CC(=O)Nc1ccc(C2=Cc3c(-c4ccc(OC5CCOCC5)c(C#N)c4)ccnc3C2)cn1.CC(C)(O)c1ccc(-c2cc3c(-c4ccc(O[C@@H]5CCNC5)c(C#N)c4)cccc3[nH]2)cc1. The molecular formula is C85H78N10O8. The lowest BCUT2D eigenvalue weighted by Crippen LogP contribution is -2.32. The van der Waals surface area contributed by atoms with Gasteiger partial charge in [0.2, 0.25) is 11.8 Å². The summed E-state index contributed by atoms with van der Waals surface area (Å²) >= 11 is 0. The zero-order valence-corrected chi connectivity index (χ0v) is 57.8. The molecule has 11 aromatic rings. The molecule has 0 unspecified atom stereocenters. The van der Waals surface area contributed by atoms with Crippen molar-refractivity contribution < 1.29 is 38.7 Å². The lowest BCUT2D eigenvalue weighted by molar-refractivity contribution is -0.133. The molecule has 1 aliphatic carbocycles. The molecule has 6 N–H and O–H groups in total. The third-order valence-electron chi connectivity index (χ3n) is 19.0. The molecule has 18 nitrogen and oxygen atoms in total. The summed E-state index contributed by atoms with van der Waals surface area (Å²) in [6.07, 6.45) is 9.66. The second kappa shape index (κ2) is 30.9. The first-order valence-corrected chi connectivity index (χ1v) is 34.6. The Morgan fingerprint density at radius 2 is 1.18 bits per heavy atom. The van der Waals surface area contributed by atoms with Gasteiger partial charge in [0.05, 0.1) is 47.7 Å². The fourth-order valence-corrected chi connectivity index (χ4v) is 13.5. The molecule has 516 valence electrons. The number of likely N-dealkylation sites (tertiary alicyclic amines) is 1. The van der Waals surface area contributed by atoms with Gasteiger partial charge in [0.25, 0.3) is 0 Å². The molecule has 0 spiro atoms. The largest absolute Gasteiger partial charge is 0.489 e. The van der Waals surface area contributed by atoms with Gasteiger partial charge < -0.3 is 54.7 Å². The van der Waals surface area contributed by atoms with Crippen LogP contribution in [0.4, 0.5) is 5.82 Å². The number of aliphatic hydroxyl groups excluding tert-OH is 1. The Morgan fingerprint density at radius 3 is 1.70 bits per heavy atom. The minimum absolute atomic E-state index is 0.0769. The highest BCUT2D eigenvalue weighted by molar-refractivity contribution is 6.00. The number of carbonyl (C=O) groups excluding carboxylic acids is 2. The van der Waals surface area contributed by atoms with Gasteiger partial charge in [0, 0.05) is 96.8 Å². The van der Waals surface area contributed by atoms with Crippen molar-refractivity contribution in [2.75, 3.05) is 51.3 Å². The summed E-state index contributed by atoms with van der Waals surface area (Å²) in [5, 5.41) is 56.8. The number of H-pyrrole nitrogens is 2. The Kier molecular flexibility index (Phi) is 20.8. The number of aliphatic hydroxyl groups is 2. The summed E-state index contributed by atoms with van der Waals surface area (Å²) in [5.41, 5.74) is 20.0. The van der Waals surface area contributed by atoms with Crippen LogP contribution in [-0.4, -0.2) is 111 Å². The first-order chi connectivity index (χ1) is 50.0. The highest BCUT2D eigenvalue weighted by Crippen LogP contribution is 2.41. The van der Waals surface area contributed by atoms with E-state index in [2.05, 4.69) is 116 Å². The monoisotopic (exact) mass is 1370 g/mol. The number of aromatic amines is 2. The van der Waals surface area contributed by atoms with Crippen LogP contribution in [0.5, 0.6) is 17.2 Å². The molecule has 3 saturated heterocycles. The number of fused-ring (bicyclic) bond motifs is 3. The Hall–Kier alpha value is -12.0. The predicted octanol–water partition coefficient (Wildman–Crippen LogP) is 15.3. The molecule has 0 radical (unpaired) electrons. The van der Waals surface area contributed by atoms with E-state index < -0.39 is 12.2 Å². The number of pyridine rings is 2. The average Bonchev–Trinajstić information content (AvgIpc) is 1.68. The van der Waals surface area contributed by atoms with E-state index in [0.717, 1.165) is 149 Å². The number of hydrogen-bond donors (Lipinski definition) is 6. The van der Waals surface area contributed by atoms with Gasteiger partial charge in [-0.15, -0.1) is 0 Å². The predicted molar refractivity (Wildman–Crippen MR) is 401 cm³/mol. The molecule has 3 fully saturated rings. The molecule has 7 aromatic carbocycles. The summed E-state index contributed by atoms with van der Waals surface area (Å²) in [6, 6.07) is 62.7. The van der Waals surface area contributed by atoms with Crippen LogP contribution in [0.15, 0.2) is 189 Å². The van der Waals surface area contributed by atoms with Crippen molar-refractivity contribution >= 4 is 56.7 Å². The average molecular weight is 1370 g/mol. The van der Waals surface area contributed by atoms with Gasteiger partial charge in [-0.2, -0.15) is 15.8 Å².